The molecule has 3 fully saturated rings. The fraction of sp³-hybridized carbons (Fsp3) is 0.436. The number of anilines is 3. The van der Waals surface area contributed by atoms with Crippen LogP contribution in [0.15, 0.2) is 48.8 Å². The number of amides is 5. The SMILES string of the molecule is C[C@H](Oc1cccc2c1CN([C@@H]1CCC(=O)NC1=O)C2=O)C(=O)N1CCN(c2ccc(Nc3ncc4cc(C(=O)N(C)C)n(C5CCCC5)c4n3)nc2)CC1. The van der Waals surface area contributed by atoms with E-state index in [-0.39, 0.29) is 49.1 Å². The topological polar surface area (TPSA) is 175 Å². The lowest BCUT2D eigenvalue weighted by Crippen LogP contribution is -2.52. The van der Waals surface area contributed by atoms with Crippen LogP contribution in [-0.4, -0.2) is 116 Å². The Morgan fingerprint density at radius 2 is 1.76 bits per heavy atom. The third-order valence-electron chi connectivity index (χ3n) is 11.0. The van der Waals surface area contributed by atoms with Gasteiger partial charge in [0.25, 0.3) is 17.7 Å². The number of hydrogen-bond donors (Lipinski definition) is 2. The Bertz CT molecular complexity index is 2170. The number of hydrogen-bond acceptors (Lipinski definition) is 11. The Morgan fingerprint density at radius 3 is 2.47 bits per heavy atom. The van der Waals surface area contributed by atoms with Crippen LogP contribution in [-0.2, 0) is 20.9 Å². The van der Waals surface area contributed by atoms with Crippen molar-refractivity contribution in [2.24, 2.45) is 0 Å². The highest BCUT2D eigenvalue weighted by atomic mass is 16.5. The van der Waals surface area contributed by atoms with Gasteiger partial charge in [0.1, 0.15) is 29.0 Å². The quantitative estimate of drug-likeness (QED) is 0.241. The minimum atomic E-state index is -0.799. The van der Waals surface area contributed by atoms with Crippen LogP contribution in [0.4, 0.5) is 17.5 Å². The predicted octanol–water partition coefficient (Wildman–Crippen LogP) is 3.26. The van der Waals surface area contributed by atoms with Crippen LogP contribution in [0.25, 0.3) is 11.0 Å². The summed E-state index contributed by atoms with van der Waals surface area (Å²) in [5, 5.41) is 6.36. The number of piperazine rings is 1. The zero-order valence-corrected chi connectivity index (χ0v) is 31.2. The lowest BCUT2D eigenvalue weighted by atomic mass is 10.0. The van der Waals surface area contributed by atoms with Crippen molar-refractivity contribution in [3.63, 3.8) is 0 Å². The van der Waals surface area contributed by atoms with Crippen LogP contribution in [0, 0.1) is 0 Å². The molecule has 4 aromatic rings. The largest absolute Gasteiger partial charge is 0.481 e. The molecule has 1 aromatic carbocycles. The van der Waals surface area contributed by atoms with Crippen molar-refractivity contribution in [2.75, 3.05) is 50.5 Å². The summed E-state index contributed by atoms with van der Waals surface area (Å²) >= 11 is 0. The summed E-state index contributed by atoms with van der Waals surface area (Å²) in [7, 11) is 3.52. The summed E-state index contributed by atoms with van der Waals surface area (Å²) in [4.78, 5) is 84.9. The highest BCUT2D eigenvalue weighted by molar-refractivity contribution is 6.05. The van der Waals surface area contributed by atoms with Crippen LogP contribution in [0.5, 0.6) is 5.75 Å². The average Bonchev–Trinajstić information content (AvgIpc) is 3.93. The first-order valence-electron chi connectivity index (χ1n) is 18.9. The summed E-state index contributed by atoms with van der Waals surface area (Å²) < 4.78 is 8.25. The van der Waals surface area contributed by atoms with E-state index in [1.54, 1.807) is 61.4 Å². The molecule has 16 heteroatoms. The van der Waals surface area contributed by atoms with Crippen molar-refractivity contribution in [3.05, 3.63) is 65.6 Å². The summed E-state index contributed by atoms with van der Waals surface area (Å²) in [6.07, 6.45) is 7.44. The lowest BCUT2D eigenvalue weighted by Gasteiger charge is -2.37. The van der Waals surface area contributed by atoms with E-state index in [1.807, 2.05) is 18.2 Å². The molecule has 6 heterocycles. The van der Waals surface area contributed by atoms with Crippen LogP contribution >= 0.6 is 0 Å². The first kappa shape index (κ1) is 35.9. The minimum Gasteiger partial charge on any atom is -0.481 e. The van der Waals surface area contributed by atoms with Gasteiger partial charge in [0.15, 0.2) is 6.10 Å². The molecule has 2 saturated heterocycles. The third-order valence-corrected chi connectivity index (χ3v) is 11.0. The van der Waals surface area contributed by atoms with Gasteiger partial charge in [-0.15, -0.1) is 0 Å². The number of nitrogens with one attached hydrogen (secondary N) is 2. The number of rotatable bonds is 9. The smallest absolute Gasteiger partial charge is 0.270 e. The first-order chi connectivity index (χ1) is 26.5. The molecule has 55 heavy (non-hydrogen) atoms. The van der Waals surface area contributed by atoms with E-state index in [4.69, 9.17) is 9.72 Å². The second-order valence-corrected chi connectivity index (χ2v) is 14.8. The van der Waals surface area contributed by atoms with Crippen LogP contribution in [0.2, 0.25) is 0 Å². The number of carbonyl (C=O) groups excluding carboxylic acids is 5. The number of aromatic nitrogens is 4. The molecule has 1 aliphatic carbocycles. The van der Waals surface area contributed by atoms with E-state index >= 15 is 0 Å². The average molecular weight is 749 g/mol. The lowest BCUT2D eigenvalue weighted by molar-refractivity contribution is -0.138. The molecule has 3 aromatic heterocycles. The number of nitrogens with zero attached hydrogens (tertiary/aromatic N) is 8. The number of carbonyl (C=O) groups is 5. The Balaban J connectivity index is 0.875. The van der Waals surface area contributed by atoms with E-state index in [0.29, 0.717) is 60.5 Å². The van der Waals surface area contributed by atoms with E-state index < -0.39 is 18.1 Å². The van der Waals surface area contributed by atoms with Crippen molar-refractivity contribution in [1.82, 2.24) is 39.5 Å². The molecule has 3 aliphatic heterocycles. The Morgan fingerprint density at radius 1 is 0.982 bits per heavy atom. The van der Waals surface area contributed by atoms with Crippen LogP contribution < -0.4 is 20.3 Å². The molecule has 2 atom stereocenters. The molecular formula is C39H44N10O6. The summed E-state index contributed by atoms with van der Waals surface area (Å²) in [6, 6.07) is 10.3. The minimum absolute atomic E-state index is 0.0555. The van der Waals surface area contributed by atoms with E-state index in [9.17, 15) is 24.0 Å². The summed E-state index contributed by atoms with van der Waals surface area (Å²) in [5.74, 6) is 0.0844. The summed E-state index contributed by atoms with van der Waals surface area (Å²) in [5.41, 5.74) is 3.34. The van der Waals surface area contributed by atoms with Gasteiger partial charge in [-0.2, -0.15) is 4.98 Å². The van der Waals surface area contributed by atoms with Gasteiger partial charge in [0.05, 0.1) is 18.4 Å². The molecule has 0 bridgehead atoms. The monoisotopic (exact) mass is 748 g/mol. The normalized spacial score (nSPS) is 19.4. The van der Waals surface area contributed by atoms with Gasteiger partial charge >= 0.3 is 0 Å². The zero-order chi connectivity index (χ0) is 38.4. The second kappa shape index (κ2) is 14.6. The van der Waals surface area contributed by atoms with Crippen molar-refractivity contribution in [2.45, 2.75) is 70.2 Å². The molecule has 286 valence electrons. The molecule has 5 amide bonds. The molecule has 1 saturated carbocycles. The number of benzene rings is 1. The maximum Gasteiger partial charge on any atom is 0.270 e. The fourth-order valence-electron chi connectivity index (χ4n) is 8.11. The Hall–Kier alpha value is -6.06. The number of ether oxygens (including phenoxy) is 1. The molecular weight excluding hydrogens is 704 g/mol. The highest BCUT2D eigenvalue weighted by Crippen LogP contribution is 2.36. The fourth-order valence-corrected chi connectivity index (χ4v) is 8.11. The van der Waals surface area contributed by atoms with Gasteiger partial charge in [0, 0.05) is 75.4 Å². The maximum absolute atomic E-state index is 13.5. The number of pyridine rings is 1. The second-order valence-electron chi connectivity index (χ2n) is 14.8. The molecule has 0 spiro atoms. The third kappa shape index (κ3) is 6.92. The standard InChI is InChI=1S/C39H44N10O6/c1-23(55-31-10-6-9-27-28(31)22-48(37(27)53)29-12-14-33(50)43-35(29)51)36(52)47-17-15-46(16-18-47)26-11-13-32(40-21-26)42-39-41-20-24-19-30(38(54)45(2)3)49(34(24)44-39)25-7-4-5-8-25/h6,9-11,13,19-21,23,25,29H,4-5,7-8,12,14-18,22H2,1-3H3,(H,43,50,51)(H,40,41,42,44)/t23-,29+/m0/s1. The molecule has 0 unspecified atom stereocenters. The zero-order valence-electron chi connectivity index (χ0n) is 31.2. The predicted molar refractivity (Wildman–Crippen MR) is 202 cm³/mol. The van der Waals surface area contributed by atoms with E-state index in [1.165, 1.54) is 4.90 Å². The highest BCUT2D eigenvalue weighted by Gasteiger charge is 2.40. The van der Waals surface area contributed by atoms with Gasteiger partial charge in [-0.3, -0.25) is 29.3 Å². The maximum atomic E-state index is 13.5. The first-order valence-corrected chi connectivity index (χ1v) is 18.9. The van der Waals surface area contributed by atoms with Gasteiger partial charge in [0.2, 0.25) is 17.8 Å². The van der Waals surface area contributed by atoms with Crippen molar-refractivity contribution < 1.29 is 28.7 Å². The van der Waals surface area contributed by atoms with Crippen LogP contribution in [0.1, 0.15) is 77.9 Å². The van der Waals surface area contributed by atoms with Crippen molar-refractivity contribution in [1.29, 1.82) is 0 Å². The van der Waals surface area contributed by atoms with Crippen LogP contribution in [0.3, 0.4) is 0 Å². The van der Waals surface area contributed by atoms with Gasteiger partial charge in [-0.25, -0.2) is 9.97 Å². The number of piperidine rings is 1. The Labute approximate surface area is 317 Å². The molecule has 16 nitrogen and oxygen atoms in total. The molecule has 4 aliphatic rings. The van der Waals surface area contributed by atoms with Gasteiger partial charge in [-0.1, -0.05) is 18.9 Å². The molecule has 0 radical (unpaired) electrons. The van der Waals surface area contributed by atoms with Gasteiger partial charge < -0.3 is 34.2 Å². The Kier molecular flexibility index (Phi) is 9.57. The molecule has 2 N–H and O–H groups in total. The van der Waals surface area contributed by atoms with Crippen molar-refractivity contribution in [3.8, 4) is 5.75 Å². The summed E-state index contributed by atoms with van der Waals surface area (Å²) in [6.45, 7) is 4.07. The number of imide groups is 1. The molecule has 8 rings (SSSR count). The number of fused-ring (bicyclic) bond motifs is 2. The van der Waals surface area contributed by atoms with Gasteiger partial charge in [-0.05, 0) is 56.5 Å². The van der Waals surface area contributed by atoms with Crippen molar-refractivity contribution >= 4 is 58.0 Å². The van der Waals surface area contributed by atoms with E-state index in [0.717, 1.165) is 42.4 Å². The van der Waals surface area contributed by atoms with E-state index in [2.05, 4.69) is 30.1 Å².